The zero-order valence-corrected chi connectivity index (χ0v) is 18.1. The SMILES string of the molecule is Nc1c(-c2nnc(SCc3ccc(F)c(F)c3)n2C[C@H]2CCCO2)sc2ncccc12. The van der Waals surface area contributed by atoms with Gasteiger partial charge in [-0.3, -0.25) is 4.57 Å². The van der Waals surface area contributed by atoms with E-state index in [1.54, 1.807) is 12.3 Å². The molecule has 6 nitrogen and oxygen atoms in total. The summed E-state index contributed by atoms with van der Waals surface area (Å²) in [5.74, 6) is -0.606. The lowest BCUT2D eigenvalue weighted by molar-refractivity contribution is 0.0953. The number of aromatic nitrogens is 4. The molecule has 0 aliphatic carbocycles. The van der Waals surface area contributed by atoms with E-state index in [2.05, 4.69) is 15.2 Å². The van der Waals surface area contributed by atoms with Crippen molar-refractivity contribution in [3.05, 3.63) is 53.7 Å². The van der Waals surface area contributed by atoms with Crippen LogP contribution in [0.5, 0.6) is 0 Å². The first-order chi connectivity index (χ1) is 15.1. The minimum Gasteiger partial charge on any atom is -0.397 e. The molecule has 0 radical (unpaired) electrons. The van der Waals surface area contributed by atoms with Gasteiger partial charge in [-0.25, -0.2) is 13.8 Å². The Balaban J connectivity index is 1.49. The molecule has 1 aliphatic rings. The molecule has 0 bridgehead atoms. The second-order valence-corrected chi connectivity index (χ2v) is 9.23. The summed E-state index contributed by atoms with van der Waals surface area (Å²) in [6, 6.07) is 7.72. The molecule has 160 valence electrons. The molecule has 0 spiro atoms. The van der Waals surface area contributed by atoms with Gasteiger partial charge in [0.25, 0.3) is 0 Å². The number of fused-ring (bicyclic) bond motifs is 1. The van der Waals surface area contributed by atoms with Gasteiger partial charge < -0.3 is 10.5 Å². The number of halogens is 2. The first-order valence-corrected chi connectivity index (χ1v) is 11.7. The summed E-state index contributed by atoms with van der Waals surface area (Å²) in [6.07, 6.45) is 3.80. The number of nitrogen functional groups attached to an aromatic ring is 1. The molecule has 0 saturated carbocycles. The highest BCUT2D eigenvalue weighted by molar-refractivity contribution is 7.98. The Morgan fingerprint density at radius 3 is 2.90 bits per heavy atom. The van der Waals surface area contributed by atoms with Crippen LogP contribution in [0.3, 0.4) is 0 Å². The van der Waals surface area contributed by atoms with Crippen molar-refractivity contribution in [1.29, 1.82) is 0 Å². The van der Waals surface area contributed by atoms with Crippen LogP contribution in [0.25, 0.3) is 20.9 Å². The lowest BCUT2D eigenvalue weighted by Crippen LogP contribution is -2.16. The van der Waals surface area contributed by atoms with E-state index in [0.717, 1.165) is 40.6 Å². The smallest absolute Gasteiger partial charge is 0.191 e. The number of anilines is 1. The van der Waals surface area contributed by atoms with Crippen molar-refractivity contribution in [1.82, 2.24) is 19.7 Å². The highest BCUT2D eigenvalue weighted by Crippen LogP contribution is 2.40. The van der Waals surface area contributed by atoms with E-state index < -0.39 is 11.6 Å². The number of thioether (sulfide) groups is 1. The van der Waals surface area contributed by atoms with Gasteiger partial charge in [0.05, 0.1) is 23.2 Å². The van der Waals surface area contributed by atoms with Gasteiger partial charge in [0.15, 0.2) is 22.6 Å². The second-order valence-electron chi connectivity index (χ2n) is 7.29. The predicted octanol–water partition coefficient (Wildman–Crippen LogP) is 4.89. The molecule has 3 aromatic heterocycles. The Kier molecular flexibility index (Phi) is 5.59. The number of benzene rings is 1. The standard InChI is InChI=1S/C21H19F2N5OS2/c22-15-6-5-12(9-16(15)23)11-30-21-27-26-19(28(21)10-13-3-2-8-29-13)18-17(24)14-4-1-7-25-20(14)31-18/h1,4-7,9,13H,2-3,8,10-11,24H2/t13-/m1/s1. The molecule has 0 amide bonds. The number of pyridine rings is 1. The third-order valence-electron chi connectivity index (χ3n) is 5.19. The van der Waals surface area contributed by atoms with E-state index in [1.165, 1.54) is 29.2 Å². The van der Waals surface area contributed by atoms with E-state index in [1.807, 2.05) is 16.7 Å². The molecule has 1 fully saturated rings. The molecule has 1 atom stereocenters. The van der Waals surface area contributed by atoms with E-state index in [0.29, 0.717) is 34.5 Å². The minimum atomic E-state index is -0.856. The number of ether oxygens (including phenoxy) is 1. The highest BCUT2D eigenvalue weighted by atomic mass is 32.2. The van der Waals surface area contributed by atoms with Crippen molar-refractivity contribution in [2.75, 3.05) is 12.3 Å². The lowest BCUT2D eigenvalue weighted by atomic mass is 10.2. The van der Waals surface area contributed by atoms with Crippen LogP contribution in [0, 0.1) is 11.6 Å². The molecule has 0 unspecified atom stereocenters. The minimum absolute atomic E-state index is 0.0751. The van der Waals surface area contributed by atoms with E-state index in [9.17, 15) is 8.78 Å². The lowest BCUT2D eigenvalue weighted by Gasteiger charge is -2.14. The Hall–Kier alpha value is -2.56. The first-order valence-electron chi connectivity index (χ1n) is 9.85. The van der Waals surface area contributed by atoms with Crippen molar-refractivity contribution in [2.45, 2.75) is 36.4 Å². The monoisotopic (exact) mass is 459 g/mol. The fourth-order valence-corrected chi connectivity index (χ4v) is 5.56. The molecule has 4 aromatic rings. The molecule has 2 N–H and O–H groups in total. The molecule has 31 heavy (non-hydrogen) atoms. The summed E-state index contributed by atoms with van der Waals surface area (Å²) < 4.78 is 34.7. The topological polar surface area (TPSA) is 78.8 Å². The van der Waals surface area contributed by atoms with Crippen molar-refractivity contribution in [3.8, 4) is 10.7 Å². The van der Waals surface area contributed by atoms with Crippen molar-refractivity contribution in [3.63, 3.8) is 0 Å². The maximum absolute atomic E-state index is 13.6. The van der Waals surface area contributed by atoms with Crippen LogP contribution in [0.4, 0.5) is 14.5 Å². The molecule has 4 heterocycles. The third-order valence-corrected chi connectivity index (χ3v) is 7.35. The number of hydrogen-bond acceptors (Lipinski definition) is 7. The molecule has 1 saturated heterocycles. The van der Waals surface area contributed by atoms with Crippen LogP contribution in [0.1, 0.15) is 18.4 Å². The zero-order valence-electron chi connectivity index (χ0n) is 16.4. The van der Waals surface area contributed by atoms with Gasteiger partial charge in [-0.15, -0.1) is 21.5 Å². The van der Waals surface area contributed by atoms with Gasteiger partial charge in [-0.2, -0.15) is 0 Å². The summed E-state index contributed by atoms with van der Waals surface area (Å²) >= 11 is 2.90. The van der Waals surface area contributed by atoms with Crippen LogP contribution in [0.15, 0.2) is 41.7 Å². The molecule has 1 aliphatic heterocycles. The summed E-state index contributed by atoms with van der Waals surface area (Å²) in [5, 5.41) is 10.4. The van der Waals surface area contributed by atoms with E-state index in [4.69, 9.17) is 10.5 Å². The number of nitrogens with two attached hydrogens (primary N) is 1. The quantitative estimate of drug-likeness (QED) is 0.414. The van der Waals surface area contributed by atoms with Gasteiger partial charge in [-0.05, 0) is 42.7 Å². The van der Waals surface area contributed by atoms with Gasteiger partial charge in [0, 0.05) is 23.9 Å². The maximum Gasteiger partial charge on any atom is 0.191 e. The second kappa shape index (κ2) is 8.52. The highest BCUT2D eigenvalue weighted by Gasteiger charge is 2.24. The summed E-state index contributed by atoms with van der Waals surface area (Å²) in [4.78, 5) is 6.07. The average molecular weight is 460 g/mol. The summed E-state index contributed by atoms with van der Waals surface area (Å²) in [7, 11) is 0. The largest absolute Gasteiger partial charge is 0.397 e. The van der Waals surface area contributed by atoms with Crippen LogP contribution < -0.4 is 5.73 Å². The van der Waals surface area contributed by atoms with Gasteiger partial charge in [0.2, 0.25) is 0 Å². The summed E-state index contributed by atoms with van der Waals surface area (Å²) in [6.45, 7) is 1.35. The molecular formula is C21H19F2N5OS2. The van der Waals surface area contributed by atoms with Crippen LogP contribution >= 0.6 is 23.1 Å². The van der Waals surface area contributed by atoms with Crippen molar-refractivity contribution in [2.24, 2.45) is 0 Å². The van der Waals surface area contributed by atoms with Gasteiger partial charge in [-0.1, -0.05) is 17.8 Å². The molecule has 1 aromatic carbocycles. The Morgan fingerprint density at radius 1 is 1.23 bits per heavy atom. The number of hydrogen-bond donors (Lipinski definition) is 1. The van der Waals surface area contributed by atoms with Gasteiger partial charge >= 0.3 is 0 Å². The Morgan fingerprint density at radius 2 is 2.13 bits per heavy atom. The van der Waals surface area contributed by atoms with E-state index in [-0.39, 0.29) is 6.10 Å². The van der Waals surface area contributed by atoms with Crippen LogP contribution in [0.2, 0.25) is 0 Å². The maximum atomic E-state index is 13.6. The summed E-state index contributed by atoms with van der Waals surface area (Å²) in [5.41, 5.74) is 7.73. The Bertz CT molecular complexity index is 1240. The van der Waals surface area contributed by atoms with Crippen molar-refractivity contribution < 1.29 is 13.5 Å². The first kappa shape index (κ1) is 20.3. The fraction of sp³-hybridized carbons (Fsp3) is 0.286. The van der Waals surface area contributed by atoms with E-state index >= 15 is 0 Å². The normalized spacial score (nSPS) is 16.4. The third kappa shape index (κ3) is 4.02. The number of rotatable bonds is 6. The number of nitrogens with zero attached hydrogens (tertiary/aromatic N) is 4. The molecular weight excluding hydrogens is 440 g/mol. The van der Waals surface area contributed by atoms with Crippen LogP contribution in [-0.4, -0.2) is 32.5 Å². The Labute approximate surface area is 185 Å². The van der Waals surface area contributed by atoms with Crippen molar-refractivity contribution >= 4 is 39.0 Å². The molecule has 5 rings (SSSR count). The number of thiophene rings is 1. The average Bonchev–Trinajstić information content (AvgIpc) is 3.50. The fourth-order valence-electron chi connectivity index (χ4n) is 3.61. The predicted molar refractivity (Wildman–Crippen MR) is 118 cm³/mol. The zero-order chi connectivity index (χ0) is 21.4. The van der Waals surface area contributed by atoms with Crippen LogP contribution in [-0.2, 0) is 17.0 Å². The van der Waals surface area contributed by atoms with Gasteiger partial charge in [0.1, 0.15) is 4.83 Å². The molecule has 10 heteroatoms.